The zero-order chi connectivity index (χ0) is 14.3. The molecule has 1 rings (SSSR count). The molecule has 0 radical (unpaired) electrons. The third-order valence-electron chi connectivity index (χ3n) is 2.71. The number of unbranched alkanes of at least 4 members (excludes halogenated alkanes) is 1. The number of amides is 2. The molecular weight excluding hydrogens is 246 g/mol. The van der Waals surface area contributed by atoms with Crippen LogP contribution in [-0.2, 0) is 9.59 Å². The molecule has 0 bridgehead atoms. The molecule has 0 spiro atoms. The van der Waals surface area contributed by atoms with Crippen molar-refractivity contribution in [2.45, 2.75) is 40.0 Å². The van der Waals surface area contributed by atoms with Gasteiger partial charge in [0.25, 0.3) is 0 Å². The number of carbonyl (C=O) groups excluding carboxylic acids is 2. The molecule has 106 valence electrons. The summed E-state index contributed by atoms with van der Waals surface area (Å²) in [7, 11) is 0. The Morgan fingerprint density at radius 1 is 1.42 bits per heavy atom. The Morgan fingerprint density at radius 2 is 2.16 bits per heavy atom. The van der Waals surface area contributed by atoms with E-state index in [-0.39, 0.29) is 18.4 Å². The van der Waals surface area contributed by atoms with E-state index in [1.54, 1.807) is 13.0 Å². The van der Waals surface area contributed by atoms with Crippen LogP contribution in [0.1, 0.15) is 38.9 Å². The smallest absolute Gasteiger partial charge is 0.245 e. The summed E-state index contributed by atoms with van der Waals surface area (Å²) < 4.78 is 4.85. The van der Waals surface area contributed by atoms with E-state index >= 15 is 0 Å². The third kappa shape index (κ3) is 5.11. The third-order valence-corrected chi connectivity index (χ3v) is 2.71. The maximum atomic E-state index is 11.8. The van der Waals surface area contributed by atoms with Gasteiger partial charge in [-0.1, -0.05) is 18.5 Å². The Labute approximate surface area is 113 Å². The van der Waals surface area contributed by atoms with Crippen molar-refractivity contribution in [1.82, 2.24) is 10.1 Å². The van der Waals surface area contributed by atoms with Gasteiger partial charge in [0.1, 0.15) is 5.76 Å². The van der Waals surface area contributed by atoms with Crippen molar-refractivity contribution in [2.75, 3.05) is 18.4 Å². The molecule has 1 N–H and O–H groups in total. The quantitative estimate of drug-likeness (QED) is 0.819. The maximum absolute atomic E-state index is 11.8. The number of anilines is 1. The number of aromatic nitrogens is 1. The number of likely N-dealkylation sites (N-methyl/N-ethyl adjacent to an activating group) is 1. The lowest BCUT2D eigenvalue weighted by Gasteiger charge is -2.19. The highest BCUT2D eigenvalue weighted by Crippen LogP contribution is 2.07. The van der Waals surface area contributed by atoms with Crippen LogP contribution in [0.4, 0.5) is 5.82 Å². The van der Waals surface area contributed by atoms with Crippen molar-refractivity contribution in [1.29, 1.82) is 0 Å². The average molecular weight is 267 g/mol. The normalized spacial score (nSPS) is 10.3. The molecule has 0 atom stereocenters. The van der Waals surface area contributed by atoms with Gasteiger partial charge < -0.3 is 14.7 Å². The second kappa shape index (κ2) is 7.56. The number of aryl methyl sites for hydroxylation is 1. The van der Waals surface area contributed by atoms with Crippen molar-refractivity contribution in [2.24, 2.45) is 0 Å². The second-order valence-corrected chi connectivity index (χ2v) is 4.38. The van der Waals surface area contributed by atoms with Gasteiger partial charge in [-0.05, 0) is 20.3 Å². The predicted molar refractivity (Wildman–Crippen MR) is 71.6 cm³/mol. The van der Waals surface area contributed by atoms with Crippen LogP contribution in [-0.4, -0.2) is 35.0 Å². The lowest BCUT2D eigenvalue weighted by atomic mass is 10.2. The van der Waals surface area contributed by atoms with Gasteiger partial charge in [0.15, 0.2) is 5.82 Å². The second-order valence-electron chi connectivity index (χ2n) is 4.38. The first-order valence-electron chi connectivity index (χ1n) is 6.57. The fraction of sp³-hybridized carbons (Fsp3) is 0.615. The zero-order valence-corrected chi connectivity index (χ0v) is 11.7. The summed E-state index contributed by atoms with van der Waals surface area (Å²) in [5.41, 5.74) is 0. The highest BCUT2D eigenvalue weighted by Gasteiger charge is 2.15. The monoisotopic (exact) mass is 267 g/mol. The molecule has 0 aromatic carbocycles. The molecule has 1 aromatic heterocycles. The fourth-order valence-electron chi connectivity index (χ4n) is 1.64. The number of rotatable bonds is 7. The predicted octanol–water partition coefficient (Wildman–Crippen LogP) is 1.96. The summed E-state index contributed by atoms with van der Waals surface area (Å²) in [4.78, 5) is 25.2. The van der Waals surface area contributed by atoms with E-state index < -0.39 is 0 Å². The number of nitrogens with one attached hydrogen (secondary N) is 1. The maximum Gasteiger partial charge on any atom is 0.245 e. The van der Waals surface area contributed by atoms with Crippen molar-refractivity contribution in [3.63, 3.8) is 0 Å². The van der Waals surface area contributed by atoms with E-state index in [4.69, 9.17) is 4.52 Å². The van der Waals surface area contributed by atoms with Crippen LogP contribution in [0.15, 0.2) is 10.6 Å². The van der Waals surface area contributed by atoms with Gasteiger partial charge in [-0.3, -0.25) is 9.59 Å². The van der Waals surface area contributed by atoms with Crippen molar-refractivity contribution in [3.8, 4) is 0 Å². The molecule has 1 aromatic rings. The molecule has 0 aliphatic heterocycles. The number of carbonyl (C=O) groups is 2. The lowest BCUT2D eigenvalue weighted by Crippen LogP contribution is -2.37. The number of nitrogens with zero attached hydrogens (tertiary/aromatic N) is 2. The standard InChI is InChI=1S/C13H21N3O3/c1-4-6-7-13(18)16(5-2)9-12(17)14-11-8-10(3)19-15-11/h8H,4-7,9H2,1-3H3,(H,14,15,17). The summed E-state index contributed by atoms with van der Waals surface area (Å²) in [6, 6.07) is 1.63. The van der Waals surface area contributed by atoms with Crippen molar-refractivity contribution in [3.05, 3.63) is 11.8 Å². The largest absolute Gasteiger partial charge is 0.360 e. The highest BCUT2D eigenvalue weighted by molar-refractivity contribution is 5.93. The minimum atomic E-state index is -0.264. The Morgan fingerprint density at radius 3 is 2.68 bits per heavy atom. The number of hydrogen-bond donors (Lipinski definition) is 1. The van der Waals surface area contributed by atoms with Crippen LogP contribution in [0.3, 0.4) is 0 Å². The van der Waals surface area contributed by atoms with Crippen LogP contribution in [0.2, 0.25) is 0 Å². The molecule has 1 heterocycles. The molecule has 19 heavy (non-hydrogen) atoms. The van der Waals surface area contributed by atoms with E-state index in [1.165, 1.54) is 4.90 Å². The molecule has 2 amide bonds. The summed E-state index contributed by atoms with van der Waals surface area (Å²) in [5.74, 6) is 0.747. The van der Waals surface area contributed by atoms with Crippen molar-refractivity contribution >= 4 is 17.6 Å². The van der Waals surface area contributed by atoms with Crippen LogP contribution in [0.25, 0.3) is 0 Å². The van der Waals surface area contributed by atoms with Gasteiger partial charge in [-0.15, -0.1) is 0 Å². The highest BCUT2D eigenvalue weighted by atomic mass is 16.5. The van der Waals surface area contributed by atoms with E-state index in [1.807, 2.05) is 13.8 Å². The van der Waals surface area contributed by atoms with Crippen LogP contribution in [0.5, 0.6) is 0 Å². The molecule has 0 saturated heterocycles. The first-order chi connectivity index (χ1) is 9.06. The molecule has 0 fully saturated rings. The molecule has 0 aliphatic carbocycles. The Hall–Kier alpha value is -1.85. The molecule has 0 unspecified atom stereocenters. The van der Waals surface area contributed by atoms with Crippen molar-refractivity contribution < 1.29 is 14.1 Å². The molecular formula is C13H21N3O3. The van der Waals surface area contributed by atoms with Crippen LogP contribution >= 0.6 is 0 Å². The van der Waals surface area contributed by atoms with Gasteiger partial charge in [0.2, 0.25) is 11.8 Å². The molecule has 0 saturated carbocycles. The first-order valence-corrected chi connectivity index (χ1v) is 6.57. The summed E-state index contributed by atoms with van der Waals surface area (Å²) >= 11 is 0. The van der Waals surface area contributed by atoms with E-state index in [9.17, 15) is 9.59 Å². The van der Waals surface area contributed by atoms with E-state index in [2.05, 4.69) is 10.5 Å². The SMILES string of the molecule is CCCCC(=O)N(CC)CC(=O)Nc1cc(C)on1. The van der Waals surface area contributed by atoms with Gasteiger partial charge in [0, 0.05) is 19.0 Å². The van der Waals surface area contributed by atoms with Crippen LogP contribution < -0.4 is 5.32 Å². The Kier molecular flexibility index (Phi) is 6.05. The van der Waals surface area contributed by atoms with Crippen LogP contribution in [0, 0.1) is 6.92 Å². The average Bonchev–Trinajstić information content (AvgIpc) is 2.78. The summed E-state index contributed by atoms with van der Waals surface area (Å²) in [6.45, 7) is 6.20. The Bertz CT molecular complexity index is 429. The van der Waals surface area contributed by atoms with Gasteiger partial charge in [-0.25, -0.2) is 0 Å². The zero-order valence-electron chi connectivity index (χ0n) is 11.7. The van der Waals surface area contributed by atoms with E-state index in [0.29, 0.717) is 24.5 Å². The Balaban J connectivity index is 2.46. The molecule has 6 heteroatoms. The van der Waals surface area contributed by atoms with E-state index in [0.717, 1.165) is 12.8 Å². The van der Waals surface area contributed by atoms with Gasteiger partial charge >= 0.3 is 0 Å². The van der Waals surface area contributed by atoms with Gasteiger partial charge in [0.05, 0.1) is 6.54 Å². The molecule has 6 nitrogen and oxygen atoms in total. The van der Waals surface area contributed by atoms with Gasteiger partial charge in [-0.2, -0.15) is 0 Å². The summed E-state index contributed by atoms with van der Waals surface area (Å²) in [5, 5.41) is 6.27. The molecule has 0 aliphatic rings. The first kappa shape index (κ1) is 15.2. The lowest BCUT2D eigenvalue weighted by molar-refractivity contribution is -0.134. The minimum absolute atomic E-state index is 0.0100. The minimum Gasteiger partial charge on any atom is -0.360 e. The fourth-order valence-corrected chi connectivity index (χ4v) is 1.64. The summed E-state index contributed by atoms with van der Waals surface area (Å²) in [6.07, 6.45) is 2.30. The number of hydrogen-bond acceptors (Lipinski definition) is 4. The topological polar surface area (TPSA) is 75.4 Å².